The van der Waals surface area contributed by atoms with Gasteiger partial charge in [-0.1, -0.05) is 0 Å². The molecular formula is C15H16N4O3S. The first-order valence-electron chi connectivity index (χ1n) is 7.40. The number of rotatable bonds is 2. The van der Waals surface area contributed by atoms with Crippen molar-refractivity contribution in [3.8, 4) is 5.75 Å². The molecule has 8 heteroatoms. The maximum Gasteiger partial charge on any atom is 0.243 e. The van der Waals surface area contributed by atoms with Gasteiger partial charge in [-0.25, -0.2) is 18.4 Å². The molecule has 120 valence electrons. The van der Waals surface area contributed by atoms with Gasteiger partial charge in [0, 0.05) is 19.2 Å². The minimum absolute atomic E-state index is 0.165. The Kier molecular flexibility index (Phi) is 3.24. The summed E-state index contributed by atoms with van der Waals surface area (Å²) in [5.41, 5.74) is 8.17. The van der Waals surface area contributed by atoms with Crippen LogP contribution in [0.4, 0.5) is 5.95 Å². The van der Waals surface area contributed by atoms with E-state index in [1.165, 1.54) is 4.31 Å². The second-order valence-corrected chi connectivity index (χ2v) is 7.59. The third-order valence-corrected chi connectivity index (χ3v) is 6.07. The van der Waals surface area contributed by atoms with E-state index in [1.807, 2.05) is 0 Å². The Morgan fingerprint density at radius 2 is 2.09 bits per heavy atom. The zero-order valence-corrected chi connectivity index (χ0v) is 13.2. The number of ether oxygens (including phenoxy) is 1. The molecule has 23 heavy (non-hydrogen) atoms. The number of hydrogen-bond donors (Lipinski definition) is 1. The smallest absolute Gasteiger partial charge is 0.243 e. The van der Waals surface area contributed by atoms with Crippen molar-refractivity contribution in [3.05, 3.63) is 41.2 Å². The standard InChI is InChI=1S/C15H16N4O3S/c16-15-17-8-11-3-5-19(9-13(11)18-15)23(20,21)12-1-2-14-10(7-12)4-6-22-14/h1-2,7-8H,3-6,9H2,(H2,16,17,18). The quantitative estimate of drug-likeness (QED) is 0.871. The average Bonchev–Trinajstić information content (AvgIpc) is 3.01. The predicted octanol–water partition coefficient (Wildman–Crippen LogP) is 0.741. The van der Waals surface area contributed by atoms with Crippen LogP contribution < -0.4 is 10.5 Å². The number of fused-ring (bicyclic) bond motifs is 2. The minimum atomic E-state index is -3.56. The van der Waals surface area contributed by atoms with E-state index < -0.39 is 10.0 Å². The van der Waals surface area contributed by atoms with Gasteiger partial charge in [-0.3, -0.25) is 0 Å². The SMILES string of the molecule is Nc1ncc2c(n1)CN(S(=O)(=O)c1ccc3c(c1)CCO3)CC2. The Bertz CT molecular complexity index is 882. The first-order chi connectivity index (χ1) is 11.0. The molecule has 1 aromatic carbocycles. The first-order valence-corrected chi connectivity index (χ1v) is 8.84. The summed E-state index contributed by atoms with van der Waals surface area (Å²) in [5, 5.41) is 0. The normalized spacial score (nSPS) is 17.4. The lowest BCUT2D eigenvalue weighted by atomic mass is 10.1. The number of nitrogen functional groups attached to an aromatic ring is 1. The molecule has 2 aromatic rings. The summed E-state index contributed by atoms with van der Waals surface area (Å²) in [4.78, 5) is 8.43. The van der Waals surface area contributed by atoms with Crippen molar-refractivity contribution in [1.29, 1.82) is 0 Å². The van der Waals surface area contributed by atoms with Gasteiger partial charge in [0.15, 0.2) is 0 Å². The number of anilines is 1. The van der Waals surface area contributed by atoms with Gasteiger partial charge in [0.1, 0.15) is 5.75 Å². The Morgan fingerprint density at radius 1 is 1.22 bits per heavy atom. The summed E-state index contributed by atoms with van der Waals surface area (Å²) in [6, 6.07) is 5.04. The highest BCUT2D eigenvalue weighted by molar-refractivity contribution is 7.89. The van der Waals surface area contributed by atoms with E-state index >= 15 is 0 Å². The molecule has 4 rings (SSSR count). The highest BCUT2D eigenvalue weighted by atomic mass is 32.2. The fraction of sp³-hybridized carbons (Fsp3) is 0.333. The highest BCUT2D eigenvalue weighted by Crippen LogP contribution is 2.30. The largest absolute Gasteiger partial charge is 0.493 e. The number of hydrogen-bond acceptors (Lipinski definition) is 6. The van der Waals surface area contributed by atoms with E-state index in [4.69, 9.17) is 10.5 Å². The molecule has 7 nitrogen and oxygen atoms in total. The minimum Gasteiger partial charge on any atom is -0.493 e. The van der Waals surface area contributed by atoms with Crippen LogP contribution in [-0.2, 0) is 29.4 Å². The molecule has 0 aliphatic carbocycles. The molecule has 0 fully saturated rings. The molecule has 3 heterocycles. The number of nitrogens with two attached hydrogens (primary N) is 1. The van der Waals surface area contributed by atoms with Crippen LogP contribution in [0.5, 0.6) is 5.75 Å². The Labute approximate surface area is 134 Å². The number of benzene rings is 1. The summed E-state index contributed by atoms with van der Waals surface area (Å²) in [5.74, 6) is 0.936. The van der Waals surface area contributed by atoms with Crippen molar-refractivity contribution in [2.24, 2.45) is 0 Å². The Hall–Kier alpha value is -2.19. The lowest BCUT2D eigenvalue weighted by Gasteiger charge is -2.27. The molecule has 0 spiro atoms. The van der Waals surface area contributed by atoms with E-state index in [9.17, 15) is 8.42 Å². The van der Waals surface area contributed by atoms with Crippen LogP contribution in [0.15, 0.2) is 29.3 Å². The fourth-order valence-electron chi connectivity index (χ4n) is 2.97. The average molecular weight is 332 g/mol. The molecule has 0 atom stereocenters. The fourth-order valence-corrected chi connectivity index (χ4v) is 4.43. The molecule has 0 radical (unpaired) electrons. The number of sulfonamides is 1. The van der Waals surface area contributed by atoms with Gasteiger partial charge < -0.3 is 10.5 Å². The lowest BCUT2D eigenvalue weighted by Crippen LogP contribution is -2.36. The van der Waals surface area contributed by atoms with Gasteiger partial charge in [-0.15, -0.1) is 0 Å². The van der Waals surface area contributed by atoms with E-state index in [2.05, 4.69) is 9.97 Å². The van der Waals surface area contributed by atoms with Crippen LogP contribution in [-0.4, -0.2) is 35.8 Å². The van der Waals surface area contributed by atoms with Crippen molar-refractivity contribution >= 4 is 16.0 Å². The number of aromatic nitrogens is 2. The third kappa shape index (κ3) is 2.43. The predicted molar refractivity (Wildman–Crippen MR) is 83.4 cm³/mol. The van der Waals surface area contributed by atoms with Crippen molar-refractivity contribution in [2.45, 2.75) is 24.3 Å². The molecule has 1 aromatic heterocycles. The van der Waals surface area contributed by atoms with Gasteiger partial charge >= 0.3 is 0 Å². The lowest BCUT2D eigenvalue weighted by molar-refractivity contribution is 0.356. The maximum absolute atomic E-state index is 12.9. The van der Waals surface area contributed by atoms with Crippen LogP contribution in [0.25, 0.3) is 0 Å². The molecule has 2 aliphatic heterocycles. The topological polar surface area (TPSA) is 98.4 Å². The molecule has 0 saturated heterocycles. The van der Waals surface area contributed by atoms with Crippen LogP contribution in [0.1, 0.15) is 16.8 Å². The summed E-state index contributed by atoms with van der Waals surface area (Å²) < 4.78 is 32.7. The van der Waals surface area contributed by atoms with Crippen LogP contribution in [0.3, 0.4) is 0 Å². The van der Waals surface area contributed by atoms with Crippen LogP contribution >= 0.6 is 0 Å². The molecule has 0 unspecified atom stereocenters. The van der Waals surface area contributed by atoms with E-state index in [1.54, 1.807) is 24.4 Å². The second-order valence-electron chi connectivity index (χ2n) is 5.66. The summed E-state index contributed by atoms with van der Waals surface area (Å²) in [6.07, 6.45) is 3.00. The van der Waals surface area contributed by atoms with Gasteiger partial charge in [-0.2, -0.15) is 4.31 Å². The van der Waals surface area contributed by atoms with Crippen molar-refractivity contribution in [1.82, 2.24) is 14.3 Å². The number of nitrogens with zero attached hydrogens (tertiary/aromatic N) is 3. The molecule has 0 saturated carbocycles. The van der Waals surface area contributed by atoms with Crippen molar-refractivity contribution < 1.29 is 13.2 Å². The van der Waals surface area contributed by atoms with Gasteiger partial charge in [-0.05, 0) is 35.7 Å². The second kappa shape index (κ2) is 5.17. The first kappa shape index (κ1) is 14.4. The van der Waals surface area contributed by atoms with Crippen molar-refractivity contribution in [2.75, 3.05) is 18.9 Å². The van der Waals surface area contributed by atoms with Gasteiger partial charge in [0.2, 0.25) is 16.0 Å². The zero-order chi connectivity index (χ0) is 16.0. The van der Waals surface area contributed by atoms with Gasteiger partial charge in [0.25, 0.3) is 0 Å². The zero-order valence-electron chi connectivity index (χ0n) is 12.4. The molecule has 2 N–H and O–H groups in total. The highest BCUT2D eigenvalue weighted by Gasteiger charge is 2.30. The summed E-state index contributed by atoms with van der Waals surface area (Å²) in [6.45, 7) is 1.24. The van der Waals surface area contributed by atoms with E-state index in [0.29, 0.717) is 30.2 Å². The van der Waals surface area contributed by atoms with E-state index in [-0.39, 0.29) is 12.5 Å². The van der Waals surface area contributed by atoms with Gasteiger partial charge in [0.05, 0.1) is 23.7 Å². The third-order valence-electron chi connectivity index (χ3n) is 4.23. The van der Waals surface area contributed by atoms with E-state index in [0.717, 1.165) is 23.3 Å². The maximum atomic E-state index is 12.9. The molecule has 0 amide bonds. The monoisotopic (exact) mass is 332 g/mol. The van der Waals surface area contributed by atoms with Crippen molar-refractivity contribution in [3.63, 3.8) is 0 Å². The Morgan fingerprint density at radius 3 is 2.96 bits per heavy atom. The molecule has 0 bridgehead atoms. The van der Waals surface area contributed by atoms with Crippen LogP contribution in [0.2, 0.25) is 0 Å². The summed E-state index contributed by atoms with van der Waals surface area (Å²) in [7, 11) is -3.56. The van der Waals surface area contributed by atoms with Crippen LogP contribution in [0, 0.1) is 0 Å². The molecule has 2 aliphatic rings. The molecular weight excluding hydrogens is 316 g/mol. The Balaban J connectivity index is 1.67. The summed E-state index contributed by atoms with van der Waals surface area (Å²) >= 11 is 0.